The summed E-state index contributed by atoms with van der Waals surface area (Å²) in [5.41, 5.74) is 0.990. The minimum atomic E-state index is -0.261. The Labute approximate surface area is 139 Å². The highest BCUT2D eigenvalue weighted by atomic mass is 32.2. The first kappa shape index (κ1) is 16.0. The van der Waals surface area contributed by atoms with Crippen LogP contribution in [0.1, 0.15) is 11.5 Å². The van der Waals surface area contributed by atoms with Crippen LogP contribution in [0.25, 0.3) is 0 Å². The zero-order valence-corrected chi connectivity index (χ0v) is 13.9. The number of carbonyl (C=O) groups excluding carboxylic acids is 1. The maximum atomic E-state index is 13.2. The van der Waals surface area contributed by atoms with Gasteiger partial charge in [-0.3, -0.25) is 4.79 Å². The quantitative estimate of drug-likeness (QED) is 0.869. The maximum absolute atomic E-state index is 13.2. The summed E-state index contributed by atoms with van der Waals surface area (Å²) in [4.78, 5) is 16.5. The molecule has 1 saturated heterocycles. The first-order chi connectivity index (χ1) is 11.1. The van der Waals surface area contributed by atoms with Crippen molar-refractivity contribution in [1.82, 2.24) is 19.2 Å². The molecule has 0 saturated carbocycles. The zero-order chi connectivity index (χ0) is 16.4. The number of aryl methyl sites for hydroxylation is 1. The van der Waals surface area contributed by atoms with Gasteiger partial charge >= 0.3 is 0 Å². The third-order valence-corrected chi connectivity index (χ3v) is 5.03. The van der Waals surface area contributed by atoms with Gasteiger partial charge < -0.3 is 9.88 Å². The number of nitrogens with zero attached hydrogens (tertiary/aromatic N) is 3. The molecular weight excluding hydrogens is 315 g/mol. The Morgan fingerprint density at radius 3 is 2.70 bits per heavy atom. The van der Waals surface area contributed by atoms with Gasteiger partial charge in [0.1, 0.15) is 10.8 Å². The van der Waals surface area contributed by atoms with E-state index in [0.29, 0.717) is 6.54 Å². The first-order valence-electron chi connectivity index (χ1n) is 7.44. The van der Waals surface area contributed by atoms with E-state index in [1.54, 1.807) is 37.5 Å². The monoisotopic (exact) mass is 334 g/mol. The Bertz CT molecular complexity index is 688. The van der Waals surface area contributed by atoms with Crippen LogP contribution in [0, 0.1) is 11.7 Å². The summed E-state index contributed by atoms with van der Waals surface area (Å²) in [6.45, 7) is 1.37. The fourth-order valence-corrected chi connectivity index (χ4v) is 3.95. The Morgan fingerprint density at radius 1 is 1.35 bits per heavy atom. The summed E-state index contributed by atoms with van der Waals surface area (Å²) in [5.74, 6) is -0.347. The van der Waals surface area contributed by atoms with Gasteiger partial charge in [-0.1, -0.05) is 12.1 Å². The molecule has 1 aromatic carbocycles. The number of amides is 1. The van der Waals surface area contributed by atoms with Gasteiger partial charge in [0.15, 0.2) is 0 Å². The van der Waals surface area contributed by atoms with Crippen molar-refractivity contribution in [2.24, 2.45) is 13.0 Å². The molecule has 1 fully saturated rings. The minimum Gasteiger partial charge on any atom is -0.359 e. The maximum Gasteiger partial charge on any atom is 0.224 e. The Balaban J connectivity index is 1.78. The van der Waals surface area contributed by atoms with Crippen LogP contribution in [0.2, 0.25) is 0 Å². The van der Waals surface area contributed by atoms with Crippen LogP contribution in [-0.2, 0) is 11.8 Å². The molecule has 122 valence electrons. The van der Waals surface area contributed by atoms with Crippen LogP contribution < -0.4 is 5.32 Å². The number of benzene rings is 1. The summed E-state index contributed by atoms with van der Waals surface area (Å²) in [6, 6.07) is 6.44. The smallest absolute Gasteiger partial charge is 0.224 e. The minimum absolute atomic E-state index is 0.0171. The predicted octanol–water partition coefficient (Wildman–Crippen LogP) is 2.03. The number of carbonyl (C=O) groups is 1. The summed E-state index contributed by atoms with van der Waals surface area (Å²) in [5, 5.41) is 3.64. The van der Waals surface area contributed by atoms with Crippen LogP contribution in [0.4, 0.5) is 4.39 Å². The van der Waals surface area contributed by atoms with E-state index in [4.69, 9.17) is 0 Å². The molecule has 2 heterocycles. The number of rotatable bonds is 4. The van der Waals surface area contributed by atoms with Crippen LogP contribution in [0.3, 0.4) is 0 Å². The highest BCUT2D eigenvalue weighted by Crippen LogP contribution is 2.37. The SMILES string of the molecule is CNC(=O)[C@@H]1CN(Sc2cn(C)cn2)C[C@H]1c1ccc(F)cc1. The normalized spacial score (nSPS) is 21.5. The lowest BCUT2D eigenvalue weighted by Crippen LogP contribution is -2.31. The third-order valence-electron chi connectivity index (χ3n) is 4.07. The topological polar surface area (TPSA) is 50.2 Å². The highest BCUT2D eigenvalue weighted by Gasteiger charge is 2.38. The van der Waals surface area contributed by atoms with Crippen molar-refractivity contribution in [2.45, 2.75) is 10.9 Å². The molecule has 1 aliphatic rings. The molecule has 23 heavy (non-hydrogen) atoms. The van der Waals surface area contributed by atoms with Crippen LogP contribution in [0.5, 0.6) is 0 Å². The van der Waals surface area contributed by atoms with E-state index >= 15 is 0 Å². The highest BCUT2D eigenvalue weighted by molar-refractivity contribution is 7.97. The third kappa shape index (κ3) is 3.56. The van der Waals surface area contributed by atoms with Crippen molar-refractivity contribution >= 4 is 17.9 Å². The van der Waals surface area contributed by atoms with Crippen LogP contribution >= 0.6 is 11.9 Å². The molecule has 2 aromatic rings. The van der Waals surface area contributed by atoms with Crippen molar-refractivity contribution in [3.8, 4) is 0 Å². The van der Waals surface area contributed by atoms with Crippen LogP contribution in [-0.4, -0.2) is 39.9 Å². The number of nitrogens with one attached hydrogen (secondary N) is 1. The Kier molecular flexibility index (Phi) is 4.68. The lowest BCUT2D eigenvalue weighted by atomic mass is 9.88. The van der Waals surface area contributed by atoms with E-state index in [1.165, 1.54) is 12.1 Å². The van der Waals surface area contributed by atoms with E-state index in [-0.39, 0.29) is 23.6 Å². The number of hydrogen-bond donors (Lipinski definition) is 1. The summed E-state index contributed by atoms with van der Waals surface area (Å²) in [7, 11) is 3.58. The second-order valence-corrected chi connectivity index (χ2v) is 6.81. The second-order valence-electron chi connectivity index (χ2n) is 5.69. The van der Waals surface area contributed by atoms with Gasteiger partial charge in [0.05, 0.1) is 12.2 Å². The van der Waals surface area contributed by atoms with E-state index in [1.807, 2.05) is 17.8 Å². The molecular formula is C16H19FN4OS. The van der Waals surface area contributed by atoms with Crippen molar-refractivity contribution in [3.63, 3.8) is 0 Å². The van der Waals surface area contributed by atoms with E-state index in [0.717, 1.165) is 17.1 Å². The molecule has 5 nitrogen and oxygen atoms in total. The number of aromatic nitrogens is 2. The Hall–Kier alpha value is -1.86. The average molecular weight is 334 g/mol. The van der Waals surface area contributed by atoms with Gasteiger partial charge in [0.2, 0.25) is 5.91 Å². The molecule has 3 rings (SSSR count). The molecule has 0 radical (unpaired) electrons. The zero-order valence-electron chi connectivity index (χ0n) is 13.1. The van der Waals surface area contributed by atoms with Gasteiger partial charge in [0.25, 0.3) is 0 Å². The fraction of sp³-hybridized carbons (Fsp3) is 0.375. The first-order valence-corrected chi connectivity index (χ1v) is 8.22. The lowest BCUT2D eigenvalue weighted by Gasteiger charge is -2.17. The summed E-state index contributed by atoms with van der Waals surface area (Å²) >= 11 is 1.55. The van der Waals surface area contributed by atoms with Crippen molar-refractivity contribution in [3.05, 3.63) is 48.2 Å². The lowest BCUT2D eigenvalue weighted by molar-refractivity contribution is -0.124. The molecule has 0 unspecified atom stereocenters. The predicted molar refractivity (Wildman–Crippen MR) is 87.3 cm³/mol. The Morgan fingerprint density at radius 2 is 2.09 bits per heavy atom. The van der Waals surface area contributed by atoms with Crippen molar-refractivity contribution in [1.29, 1.82) is 0 Å². The van der Waals surface area contributed by atoms with Gasteiger partial charge in [0, 0.05) is 39.3 Å². The molecule has 1 amide bonds. The number of hydrogen-bond acceptors (Lipinski definition) is 4. The van der Waals surface area contributed by atoms with Gasteiger partial charge in [-0.2, -0.15) is 0 Å². The van der Waals surface area contributed by atoms with Crippen LogP contribution in [0.15, 0.2) is 41.8 Å². The molecule has 1 aliphatic heterocycles. The number of halogens is 1. The van der Waals surface area contributed by atoms with Gasteiger partial charge in [-0.25, -0.2) is 13.7 Å². The largest absolute Gasteiger partial charge is 0.359 e. The molecule has 0 aliphatic carbocycles. The fourth-order valence-electron chi connectivity index (χ4n) is 2.91. The van der Waals surface area contributed by atoms with Crippen molar-refractivity contribution < 1.29 is 9.18 Å². The van der Waals surface area contributed by atoms with E-state index < -0.39 is 0 Å². The van der Waals surface area contributed by atoms with E-state index in [2.05, 4.69) is 14.6 Å². The van der Waals surface area contributed by atoms with Crippen molar-refractivity contribution in [2.75, 3.05) is 20.1 Å². The van der Waals surface area contributed by atoms with Gasteiger partial charge in [-0.15, -0.1) is 0 Å². The van der Waals surface area contributed by atoms with E-state index in [9.17, 15) is 9.18 Å². The average Bonchev–Trinajstić information content (AvgIpc) is 3.14. The molecule has 0 bridgehead atoms. The standard InChI is InChI=1S/C16H19FN4OS/c1-18-16(22)14-8-21(23-15-9-20(2)10-19-15)7-13(14)11-3-5-12(17)6-4-11/h3-6,9-10,13-14H,7-8H2,1-2H3,(H,18,22)/t13-,14+/m0/s1. The molecule has 7 heteroatoms. The second kappa shape index (κ2) is 6.72. The molecule has 1 N–H and O–H groups in total. The molecule has 2 atom stereocenters. The van der Waals surface area contributed by atoms with Gasteiger partial charge in [-0.05, 0) is 29.6 Å². The molecule has 0 spiro atoms. The summed E-state index contributed by atoms with van der Waals surface area (Å²) in [6.07, 6.45) is 3.71. The number of imidazole rings is 1. The summed E-state index contributed by atoms with van der Waals surface area (Å²) < 4.78 is 17.2. The molecule has 1 aromatic heterocycles.